The molecular formula is C19H17F4NO. The Balaban J connectivity index is 1.99. The van der Waals surface area contributed by atoms with Gasteiger partial charge >= 0.3 is 6.11 Å². The molecule has 2 nitrogen and oxygen atoms in total. The molecule has 0 saturated carbocycles. The van der Waals surface area contributed by atoms with Gasteiger partial charge in [0.15, 0.2) is 0 Å². The van der Waals surface area contributed by atoms with Crippen LogP contribution in [0.15, 0.2) is 36.4 Å². The summed E-state index contributed by atoms with van der Waals surface area (Å²) in [7, 11) is 0. The molecule has 0 radical (unpaired) electrons. The molecule has 0 unspecified atom stereocenters. The van der Waals surface area contributed by atoms with E-state index in [1.807, 2.05) is 6.92 Å². The maximum atomic E-state index is 14.0. The van der Waals surface area contributed by atoms with Crippen LogP contribution in [0, 0.1) is 23.0 Å². The van der Waals surface area contributed by atoms with Crippen LogP contribution in [-0.4, -0.2) is 6.61 Å². The van der Waals surface area contributed by atoms with Crippen LogP contribution in [0.5, 0.6) is 0 Å². The van der Waals surface area contributed by atoms with E-state index >= 15 is 0 Å². The van der Waals surface area contributed by atoms with Crippen LogP contribution in [0.2, 0.25) is 0 Å². The highest BCUT2D eigenvalue weighted by Crippen LogP contribution is 2.30. The Morgan fingerprint density at radius 1 is 1.00 bits per heavy atom. The lowest BCUT2D eigenvalue weighted by Gasteiger charge is -2.17. The molecule has 0 fully saturated rings. The Morgan fingerprint density at radius 2 is 1.60 bits per heavy atom. The first-order valence-corrected chi connectivity index (χ1v) is 7.86. The van der Waals surface area contributed by atoms with Gasteiger partial charge in [0, 0.05) is 0 Å². The van der Waals surface area contributed by atoms with Crippen molar-refractivity contribution in [2.24, 2.45) is 0 Å². The van der Waals surface area contributed by atoms with Gasteiger partial charge in [0.25, 0.3) is 0 Å². The van der Waals surface area contributed by atoms with Crippen molar-refractivity contribution in [2.75, 3.05) is 6.61 Å². The Morgan fingerprint density at radius 3 is 2.12 bits per heavy atom. The second-order valence-electron chi connectivity index (χ2n) is 5.61. The summed E-state index contributed by atoms with van der Waals surface area (Å²) in [4.78, 5) is 0. The smallest absolute Gasteiger partial charge is 0.316 e. The van der Waals surface area contributed by atoms with E-state index in [0.717, 1.165) is 30.5 Å². The highest BCUT2D eigenvalue weighted by atomic mass is 19.3. The van der Waals surface area contributed by atoms with Crippen molar-refractivity contribution in [1.82, 2.24) is 0 Å². The fourth-order valence-corrected chi connectivity index (χ4v) is 2.41. The van der Waals surface area contributed by atoms with E-state index in [1.165, 1.54) is 18.2 Å². The number of halogens is 4. The lowest BCUT2D eigenvalue weighted by Crippen LogP contribution is -2.20. The number of nitrogens with zero attached hydrogens (tertiary/aromatic N) is 1. The van der Waals surface area contributed by atoms with Crippen LogP contribution in [0.25, 0.3) is 0 Å². The zero-order valence-corrected chi connectivity index (χ0v) is 13.7. The van der Waals surface area contributed by atoms with Gasteiger partial charge in [-0.2, -0.15) is 14.0 Å². The topological polar surface area (TPSA) is 33.0 Å². The van der Waals surface area contributed by atoms with E-state index in [2.05, 4.69) is 4.74 Å². The molecule has 0 heterocycles. The van der Waals surface area contributed by atoms with Gasteiger partial charge in [0.05, 0.1) is 12.2 Å². The highest BCUT2D eigenvalue weighted by molar-refractivity contribution is 5.35. The summed E-state index contributed by atoms with van der Waals surface area (Å²) in [5.74, 6) is -2.04. The molecule has 2 rings (SSSR count). The van der Waals surface area contributed by atoms with Crippen LogP contribution >= 0.6 is 0 Å². The maximum absolute atomic E-state index is 14.0. The minimum absolute atomic E-state index is 0.108. The molecular weight excluding hydrogens is 334 g/mol. The molecule has 0 amide bonds. The molecule has 132 valence electrons. The number of rotatable bonds is 7. The highest BCUT2D eigenvalue weighted by Gasteiger charge is 2.32. The summed E-state index contributed by atoms with van der Waals surface area (Å²) < 4.78 is 59.7. The molecule has 0 N–H and O–H groups in total. The van der Waals surface area contributed by atoms with Gasteiger partial charge < -0.3 is 4.74 Å². The molecule has 0 aliphatic heterocycles. The van der Waals surface area contributed by atoms with Crippen molar-refractivity contribution in [3.63, 3.8) is 0 Å². The summed E-state index contributed by atoms with van der Waals surface area (Å²) in [6, 6.07) is 9.18. The molecule has 6 heteroatoms. The molecule has 0 bridgehead atoms. The van der Waals surface area contributed by atoms with Crippen molar-refractivity contribution in [3.05, 3.63) is 70.3 Å². The van der Waals surface area contributed by atoms with Gasteiger partial charge in [-0.3, -0.25) is 0 Å². The number of hydrogen-bond donors (Lipinski definition) is 0. The number of ether oxygens (including phenoxy) is 1. The van der Waals surface area contributed by atoms with E-state index in [1.54, 1.807) is 12.1 Å². The SMILES string of the molecule is CCCc1ccc(C(F)(F)OCCc2cc(F)c(C#N)c(F)c2)cc1. The van der Waals surface area contributed by atoms with Crippen LogP contribution < -0.4 is 0 Å². The first-order chi connectivity index (χ1) is 11.9. The van der Waals surface area contributed by atoms with E-state index in [0.29, 0.717) is 0 Å². The zero-order chi connectivity index (χ0) is 18.4. The van der Waals surface area contributed by atoms with Crippen LogP contribution in [0.1, 0.15) is 35.6 Å². The minimum Gasteiger partial charge on any atom is -0.316 e. The molecule has 25 heavy (non-hydrogen) atoms. The molecule has 2 aromatic carbocycles. The quantitative estimate of drug-likeness (QED) is 0.651. The monoisotopic (exact) mass is 351 g/mol. The van der Waals surface area contributed by atoms with Crippen molar-refractivity contribution in [3.8, 4) is 6.07 Å². The summed E-state index contributed by atoms with van der Waals surface area (Å²) in [5, 5.41) is 8.60. The Hall–Kier alpha value is -2.39. The lowest BCUT2D eigenvalue weighted by atomic mass is 10.1. The fourth-order valence-electron chi connectivity index (χ4n) is 2.41. The van der Waals surface area contributed by atoms with Gasteiger partial charge in [-0.1, -0.05) is 37.6 Å². The third kappa shape index (κ3) is 4.80. The molecule has 0 aromatic heterocycles. The van der Waals surface area contributed by atoms with Crippen LogP contribution in [0.3, 0.4) is 0 Å². The Labute approximate surface area is 143 Å². The molecule has 0 spiro atoms. The predicted molar refractivity (Wildman–Crippen MR) is 85.1 cm³/mol. The predicted octanol–water partition coefficient (Wildman–Crippen LogP) is 5.10. The van der Waals surface area contributed by atoms with Crippen molar-refractivity contribution >= 4 is 0 Å². The van der Waals surface area contributed by atoms with E-state index < -0.39 is 29.9 Å². The number of hydrogen-bond acceptors (Lipinski definition) is 2. The third-order valence-electron chi connectivity index (χ3n) is 3.72. The molecule has 2 aromatic rings. The van der Waals surface area contributed by atoms with E-state index in [4.69, 9.17) is 5.26 Å². The summed E-state index contributed by atoms with van der Waals surface area (Å²) >= 11 is 0. The lowest BCUT2D eigenvalue weighted by molar-refractivity contribution is -0.248. The second kappa shape index (κ2) is 8.13. The largest absolute Gasteiger partial charge is 0.383 e. The summed E-state index contributed by atoms with van der Waals surface area (Å²) in [6.45, 7) is 1.58. The molecule has 0 saturated heterocycles. The summed E-state index contributed by atoms with van der Waals surface area (Å²) in [6.07, 6.45) is -1.87. The van der Waals surface area contributed by atoms with Crippen molar-refractivity contribution in [1.29, 1.82) is 5.26 Å². The normalized spacial score (nSPS) is 11.4. The average molecular weight is 351 g/mol. The van der Waals surface area contributed by atoms with Gasteiger partial charge in [-0.05, 0) is 36.1 Å². The number of aryl methyl sites for hydroxylation is 1. The zero-order valence-electron chi connectivity index (χ0n) is 13.7. The van der Waals surface area contributed by atoms with E-state index in [9.17, 15) is 17.6 Å². The number of nitriles is 1. The Bertz CT molecular complexity index is 743. The van der Waals surface area contributed by atoms with Crippen molar-refractivity contribution < 1.29 is 22.3 Å². The average Bonchev–Trinajstić information content (AvgIpc) is 2.55. The third-order valence-corrected chi connectivity index (χ3v) is 3.72. The van der Waals surface area contributed by atoms with Gasteiger partial charge in [0.1, 0.15) is 23.3 Å². The first kappa shape index (κ1) is 18.9. The van der Waals surface area contributed by atoms with Crippen molar-refractivity contribution in [2.45, 2.75) is 32.3 Å². The van der Waals surface area contributed by atoms with Crippen LogP contribution in [0.4, 0.5) is 17.6 Å². The maximum Gasteiger partial charge on any atom is 0.383 e. The minimum atomic E-state index is -3.49. The van der Waals surface area contributed by atoms with Gasteiger partial charge in [0.2, 0.25) is 0 Å². The molecule has 0 aliphatic rings. The first-order valence-electron chi connectivity index (χ1n) is 7.86. The number of alkyl halides is 2. The van der Waals surface area contributed by atoms with Gasteiger partial charge in [-0.25, -0.2) is 8.78 Å². The standard InChI is InChI=1S/C19H17F4NO/c1-2-3-13-4-6-15(7-5-13)19(22,23)25-9-8-14-10-17(20)16(12-24)18(21)11-14/h4-7,10-11H,2-3,8-9H2,1H3. The van der Waals surface area contributed by atoms with Crippen LogP contribution in [-0.2, 0) is 23.7 Å². The Kier molecular flexibility index (Phi) is 6.16. The second-order valence-corrected chi connectivity index (χ2v) is 5.61. The molecule has 0 aliphatic carbocycles. The molecule has 0 atom stereocenters. The summed E-state index contributed by atoms with van der Waals surface area (Å²) in [5.41, 5.74) is 0.139. The number of benzene rings is 2. The van der Waals surface area contributed by atoms with E-state index in [-0.39, 0.29) is 17.5 Å². The van der Waals surface area contributed by atoms with Gasteiger partial charge in [-0.15, -0.1) is 0 Å². The fraction of sp³-hybridized carbons (Fsp3) is 0.316.